The standard InChI is InChI=1S/C13H14N2O3S/c1-3-18-13(16)10-11(14)19-12(15-10)8-4-6-9(17-2)7-5-8/h4-7H,3,14H2,1-2H3. The smallest absolute Gasteiger partial charge is 0.360 e. The topological polar surface area (TPSA) is 74.4 Å². The summed E-state index contributed by atoms with van der Waals surface area (Å²) in [4.78, 5) is 15.9. The zero-order valence-corrected chi connectivity index (χ0v) is 11.5. The van der Waals surface area contributed by atoms with Crippen LogP contribution in [0.15, 0.2) is 24.3 Å². The highest BCUT2D eigenvalue weighted by Gasteiger charge is 2.18. The first kappa shape index (κ1) is 13.4. The molecule has 6 heteroatoms. The lowest BCUT2D eigenvalue weighted by atomic mass is 10.2. The van der Waals surface area contributed by atoms with Crippen LogP contribution in [0.3, 0.4) is 0 Å². The van der Waals surface area contributed by atoms with Gasteiger partial charge in [0.15, 0.2) is 5.69 Å². The Bertz CT molecular complexity index is 578. The molecule has 0 spiro atoms. The van der Waals surface area contributed by atoms with Gasteiger partial charge in [-0.15, -0.1) is 0 Å². The van der Waals surface area contributed by atoms with Crippen molar-refractivity contribution in [2.24, 2.45) is 0 Å². The normalized spacial score (nSPS) is 10.2. The van der Waals surface area contributed by atoms with Gasteiger partial charge < -0.3 is 15.2 Å². The number of aromatic nitrogens is 1. The fraction of sp³-hybridized carbons (Fsp3) is 0.231. The summed E-state index contributed by atoms with van der Waals surface area (Å²) < 4.78 is 9.99. The minimum Gasteiger partial charge on any atom is -0.497 e. The van der Waals surface area contributed by atoms with Gasteiger partial charge in [0.25, 0.3) is 0 Å². The summed E-state index contributed by atoms with van der Waals surface area (Å²) in [5, 5.41) is 1.05. The van der Waals surface area contributed by atoms with E-state index in [4.69, 9.17) is 15.2 Å². The molecule has 0 bridgehead atoms. The number of carbonyl (C=O) groups is 1. The molecule has 0 amide bonds. The van der Waals surface area contributed by atoms with Gasteiger partial charge in [-0.2, -0.15) is 0 Å². The van der Waals surface area contributed by atoms with Crippen LogP contribution in [0.2, 0.25) is 0 Å². The van der Waals surface area contributed by atoms with Crippen LogP contribution in [0.5, 0.6) is 5.75 Å². The summed E-state index contributed by atoms with van der Waals surface area (Å²) in [6.07, 6.45) is 0. The maximum absolute atomic E-state index is 11.6. The van der Waals surface area contributed by atoms with Crippen molar-refractivity contribution < 1.29 is 14.3 Å². The molecule has 0 radical (unpaired) electrons. The minimum atomic E-state index is -0.490. The number of methoxy groups -OCH3 is 1. The summed E-state index contributed by atoms with van der Waals surface area (Å²) in [6.45, 7) is 2.04. The van der Waals surface area contributed by atoms with E-state index in [0.29, 0.717) is 16.6 Å². The van der Waals surface area contributed by atoms with Crippen molar-refractivity contribution >= 4 is 22.3 Å². The van der Waals surface area contributed by atoms with Crippen molar-refractivity contribution in [2.75, 3.05) is 19.5 Å². The van der Waals surface area contributed by atoms with Crippen LogP contribution in [-0.2, 0) is 4.74 Å². The van der Waals surface area contributed by atoms with E-state index in [2.05, 4.69) is 4.98 Å². The lowest BCUT2D eigenvalue weighted by Crippen LogP contribution is -2.07. The highest BCUT2D eigenvalue weighted by atomic mass is 32.1. The van der Waals surface area contributed by atoms with Gasteiger partial charge in [0.2, 0.25) is 0 Å². The SMILES string of the molecule is CCOC(=O)c1nc(-c2ccc(OC)cc2)sc1N. The molecule has 0 aliphatic rings. The average molecular weight is 278 g/mol. The zero-order chi connectivity index (χ0) is 13.8. The molecule has 1 aromatic heterocycles. The number of nitrogens with zero attached hydrogens (tertiary/aromatic N) is 1. The van der Waals surface area contributed by atoms with Gasteiger partial charge in [-0.3, -0.25) is 0 Å². The van der Waals surface area contributed by atoms with Gasteiger partial charge in [-0.25, -0.2) is 9.78 Å². The number of hydrogen-bond donors (Lipinski definition) is 1. The predicted octanol–water partition coefficient (Wildman–Crippen LogP) is 2.58. The van der Waals surface area contributed by atoms with Crippen LogP contribution in [0.25, 0.3) is 10.6 Å². The molecule has 2 N–H and O–H groups in total. The molecule has 19 heavy (non-hydrogen) atoms. The number of hydrogen-bond acceptors (Lipinski definition) is 6. The second kappa shape index (κ2) is 5.71. The van der Waals surface area contributed by atoms with Crippen LogP contribution < -0.4 is 10.5 Å². The highest BCUT2D eigenvalue weighted by Crippen LogP contribution is 2.31. The Labute approximate surface area is 115 Å². The van der Waals surface area contributed by atoms with E-state index in [1.54, 1.807) is 14.0 Å². The van der Waals surface area contributed by atoms with Crippen molar-refractivity contribution in [1.82, 2.24) is 4.98 Å². The Morgan fingerprint density at radius 3 is 2.63 bits per heavy atom. The molecule has 0 unspecified atom stereocenters. The largest absolute Gasteiger partial charge is 0.497 e. The highest BCUT2D eigenvalue weighted by molar-refractivity contribution is 7.19. The number of ether oxygens (including phenoxy) is 2. The quantitative estimate of drug-likeness (QED) is 0.870. The molecular formula is C13H14N2O3S. The third-order valence-corrected chi connectivity index (χ3v) is 3.39. The van der Waals surface area contributed by atoms with E-state index >= 15 is 0 Å². The van der Waals surface area contributed by atoms with Crippen LogP contribution in [0.4, 0.5) is 5.00 Å². The lowest BCUT2D eigenvalue weighted by molar-refractivity contribution is 0.0522. The fourth-order valence-corrected chi connectivity index (χ4v) is 2.36. The Morgan fingerprint density at radius 1 is 1.37 bits per heavy atom. The van der Waals surface area contributed by atoms with Gasteiger partial charge >= 0.3 is 5.97 Å². The van der Waals surface area contributed by atoms with Crippen molar-refractivity contribution in [3.05, 3.63) is 30.0 Å². The molecule has 0 atom stereocenters. The Morgan fingerprint density at radius 2 is 2.05 bits per heavy atom. The van der Waals surface area contributed by atoms with Crippen molar-refractivity contribution in [3.63, 3.8) is 0 Å². The average Bonchev–Trinajstić information content (AvgIpc) is 2.81. The molecule has 1 aromatic carbocycles. The number of rotatable bonds is 4. The molecule has 5 nitrogen and oxygen atoms in total. The second-order valence-electron chi connectivity index (χ2n) is 3.68. The molecule has 0 saturated carbocycles. The number of nitrogen functional groups attached to an aromatic ring is 1. The molecule has 2 aromatic rings. The monoisotopic (exact) mass is 278 g/mol. The predicted molar refractivity (Wildman–Crippen MR) is 74.5 cm³/mol. The summed E-state index contributed by atoms with van der Waals surface area (Å²) in [5.41, 5.74) is 6.86. The van der Waals surface area contributed by atoms with E-state index in [-0.39, 0.29) is 5.69 Å². The minimum absolute atomic E-state index is 0.178. The number of thiazole rings is 1. The van der Waals surface area contributed by atoms with Crippen LogP contribution >= 0.6 is 11.3 Å². The number of benzene rings is 1. The summed E-state index contributed by atoms with van der Waals surface area (Å²) in [7, 11) is 1.61. The molecule has 0 aliphatic carbocycles. The molecule has 0 aliphatic heterocycles. The van der Waals surface area contributed by atoms with Crippen molar-refractivity contribution in [3.8, 4) is 16.3 Å². The van der Waals surface area contributed by atoms with E-state index in [1.807, 2.05) is 24.3 Å². The van der Waals surface area contributed by atoms with Crippen LogP contribution in [-0.4, -0.2) is 24.7 Å². The van der Waals surface area contributed by atoms with Gasteiger partial charge in [0.05, 0.1) is 13.7 Å². The second-order valence-corrected chi connectivity index (χ2v) is 4.71. The summed E-state index contributed by atoms with van der Waals surface area (Å²) >= 11 is 1.26. The fourth-order valence-electron chi connectivity index (χ4n) is 1.53. The third kappa shape index (κ3) is 2.85. The first-order valence-corrected chi connectivity index (χ1v) is 6.55. The van der Waals surface area contributed by atoms with Crippen molar-refractivity contribution in [1.29, 1.82) is 0 Å². The first-order chi connectivity index (χ1) is 9.15. The zero-order valence-electron chi connectivity index (χ0n) is 10.7. The van der Waals surface area contributed by atoms with Gasteiger partial charge in [-0.1, -0.05) is 11.3 Å². The molecule has 1 heterocycles. The Balaban J connectivity index is 2.30. The van der Waals surface area contributed by atoms with E-state index in [0.717, 1.165) is 11.3 Å². The number of nitrogens with two attached hydrogens (primary N) is 1. The van der Waals surface area contributed by atoms with E-state index < -0.39 is 5.97 Å². The molecule has 0 fully saturated rings. The van der Waals surface area contributed by atoms with Gasteiger partial charge in [0, 0.05) is 5.56 Å². The molecular weight excluding hydrogens is 264 g/mol. The van der Waals surface area contributed by atoms with E-state index in [1.165, 1.54) is 11.3 Å². The van der Waals surface area contributed by atoms with Gasteiger partial charge in [-0.05, 0) is 31.2 Å². The first-order valence-electron chi connectivity index (χ1n) is 5.73. The number of carbonyl (C=O) groups excluding carboxylic acids is 1. The van der Waals surface area contributed by atoms with Crippen LogP contribution in [0, 0.1) is 0 Å². The summed E-state index contributed by atoms with van der Waals surface area (Å²) in [5.74, 6) is 0.273. The van der Waals surface area contributed by atoms with Crippen molar-refractivity contribution in [2.45, 2.75) is 6.92 Å². The number of esters is 1. The Hall–Kier alpha value is -2.08. The molecule has 100 valence electrons. The van der Waals surface area contributed by atoms with Gasteiger partial charge in [0.1, 0.15) is 15.8 Å². The Kier molecular flexibility index (Phi) is 4.01. The third-order valence-electron chi connectivity index (χ3n) is 2.46. The number of anilines is 1. The molecule has 0 saturated heterocycles. The maximum Gasteiger partial charge on any atom is 0.360 e. The van der Waals surface area contributed by atoms with E-state index in [9.17, 15) is 4.79 Å². The maximum atomic E-state index is 11.6. The lowest BCUT2D eigenvalue weighted by Gasteiger charge is -2.00. The molecule has 2 rings (SSSR count). The van der Waals surface area contributed by atoms with Crippen LogP contribution in [0.1, 0.15) is 17.4 Å². The summed E-state index contributed by atoms with van der Waals surface area (Å²) in [6, 6.07) is 7.39.